The lowest BCUT2D eigenvalue weighted by atomic mass is 10.2. The topological polar surface area (TPSA) is 37.8 Å². The van der Waals surface area contributed by atoms with Gasteiger partial charge in [0.2, 0.25) is 5.95 Å². The Bertz CT molecular complexity index is 713. The molecular formula is C16H15N3S. The Kier molecular flexibility index (Phi) is 3.83. The third-order valence-corrected chi connectivity index (χ3v) is 3.87. The second-order valence-electron chi connectivity index (χ2n) is 4.31. The van der Waals surface area contributed by atoms with Crippen LogP contribution in [-0.2, 0) is 0 Å². The number of para-hydroxylation sites is 1. The Balaban J connectivity index is 2.07. The summed E-state index contributed by atoms with van der Waals surface area (Å²) in [4.78, 5) is 10.3. The van der Waals surface area contributed by atoms with E-state index >= 15 is 0 Å². The largest absolute Gasteiger partial charge is 0.354 e. The lowest BCUT2D eigenvalue weighted by molar-refractivity contribution is 1.05. The first-order valence-corrected chi connectivity index (χ1v) is 7.42. The number of hydrogen-bond acceptors (Lipinski definition) is 4. The first-order chi connectivity index (χ1) is 9.86. The number of benzene rings is 2. The fourth-order valence-corrected chi connectivity index (χ4v) is 2.89. The zero-order valence-electron chi connectivity index (χ0n) is 11.2. The smallest absolute Gasteiger partial charge is 0.224 e. The first kappa shape index (κ1) is 12.9. The van der Waals surface area contributed by atoms with Gasteiger partial charge in [0.05, 0.1) is 5.52 Å². The molecule has 3 nitrogen and oxygen atoms in total. The lowest BCUT2D eigenvalue weighted by Gasteiger charge is -2.08. The average molecular weight is 281 g/mol. The maximum absolute atomic E-state index is 4.63. The van der Waals surface area contributed by atoms with Crippen molar-refractivity contribution in [1.82, 2.24) is 9.97 Å². The summed E-state index contributed by atoms with van der Waals surface area (Å²) in [7, 11) is 0. The summed E-state index contributed by atoms with van der Waals surface area (Å²) in [6, 6.07) is 18.4. The van der Waals surface area contributed by atoms with E-state index in [2.05, 4.69) is 33.5 Å². The number of hydrogen-bond donors (Lipinski definition) is 1. The average Bonchev–Trinajstić information content (AvgIpc) is 2.49. The third-order valence-electron chi connectivity index (χ3n) is 2.86. The number of nitrogens with zero attached hydrogens (tertiary/aromatic N) is 2. The molecule has 2 aromatic carbocycles. The number of rotatable bonds is 4. The van der Waals surface area contributed by atoms with Gasteiger partial charge in [0, 0.05) is 16.8 Å². The number of nitrogens with one attached hydrogen (secondary N) is 1. The van der Waals surface area contributed by atoms with Crippen molar-refractivity contribution < 1.29 is 0 Å². The molecule has 0 unspecified atom stereocenters. The summed E-state index contributed by atoms with van der Waals surface area (Å²) >= 11 is 1.67. The van der Waals surface area contributed by atoms with E-state index in [9.17, 15) is 0 Å². The molecule has 0 saturated carbocycles. The van der Waals surface area contributed by atoms with Crippen LogP contribution in [0.5, 0.6) is 0 Å². The molecule has 0 radical (unpaired) electrons. The molecule has 1 heterocycles. The molecule has 20 heavy (non-hydrogen) atoms. The predicted octanol–water partition coefficient (Wildman–Crippen LogP) is 4.21. The van der Waals surface area contributed by atoms with Crippen molar-refractivity contribution in [3.63, 3.8) is 0 Å². The highest BCUT2D eigenvalue weighted by Gasteiger charge is 2.08. The highest BCUT2D eigenvalue weighted by atomic mass is 32.2. The summed E-state index contributed by atoms with van der Waals surface area (Å²) in [6.07, 6.45) is 0. The quantitative estimate of drug-likeness (QED) is 0.727. The Morgan fingerprint density at radius 2 is 1.70 bits per heavy atom. The molecule has 3 aromatic rings. The van der Waals surface area contributed by atoms with Gasteiger partial charge in [0.1, 0.15) is 5.03 Å². The molecule has 3 rings (SSSR count). The van der Waals surface area contributed by atoms with Crippen LogP contribution in [0, 0.1) is 0 Å². The maximum Gasteiger partial charge on any atom is 0.224 e. The van der Waals surface area contributed by atoms with Gasteiger partial charge in [-0.1, -0.05) is 48.2 Å². The summed E-state index contributed by atoms with van der Waals surface area (Å²) in [5.41, 5.74) is 0.969. The second kappa shape index (κ2) is 5.92. The summed E-state index contributed by atoms with van der Waals surface area (Å²) < 4.78 is 0. The van der Waals surface area contributed by atoms with Crippen molar-refractivity contribution in [2.24, 2.45) is 0 Å². The summed E-state index contributed by atoms with van der Waals surface area (Å²) in [6.45, 7) is 2.86. The second-order valence-corrected chi connectivity index (χ2v) is 5.38. The van der Waals surface area contributed by atoms with E-state index in [4.69, 9.17) is 0 Å². The predicted molar refractivity (Wildman–Crippen MR) is 84.3 cm³/mol. The zero-order chi connectivity index (χ0) is 13.8. The molecule has 0 saturated heterocycles. The van der Waals surface area contributed by atoms with Crippen molar-refractivity contribution in [3.05, 3.63) is 54.6 Å². The van der Waals surface area contributed by atoms with E-state index in [0.29, 0.717) is 5.95 Å². The highest BCUT2D eigenvalue weighted by molar-refractivity contribution is 7.99. The summed E-state index contributed by atoms with van der Waals surface area (Å²) in [5, 5.41) is 5.26. The molecule has 0 atom stereocenters. The van der Waals surface area contributed by atoms with Crippen molar-refractivity contribution in [2.45, 2.75) is 16.8 Å². The van der Waals surface area contributed by atoms with Gasteiger partial charge in [0.25, 0.3) is 0 Å². The van der Waals surface area contributed by atoms with E-state index in [-0.39, 0.29) is 0 Å². The van der Waals surface area contributed by atoms with Crippen LogP contribution in [-0.4, -0.2) is 16.5 Å². The Morgan fingerprint density at radius 3 is 2.50 bits per heavy atom. The van der Waals surface area contributed by atoms with E-state index in [1.165, 1.54) is 4.90 Å². The Labute approximate surface area is 122 Å². The first-order valence-electron chi connectivity index (χ1n) is 6.60. The van der Waals surface area contributed by atoms with Gasteiger partial charge in [-0.15, -0.1) is 0 Å². The molecular weight excluding hydrogens is 266 g/mol. The Morgan fingerprint density at radius 1 is 0.950 bits per heavy atom. The van der Waals surface area contributed by atoms with Crippen molar-refractivity contribution >= 4 is 28.6 Å². The third kappa shape index (κ3) is 2.75. The molecule has 0 aliphatic carbocycles. The molecule has 100 valence electrons. The van der Waals surface area contributed by atoms with Crippen LogP contribution in [0.4, 0.5) is 5.95 Å². The zero-order valence-corrected chi connectivity index (χ0v) is 12.0. The summed E-state index contributed by atoms with van der Waals surface area (Å²) in [5.74, 6) is 0.685. The molecule has 1 N–H and O–H groups in total. The van der Waals surface area contributed by atoms with Crippen LogP contribution in [0.15, 0.2) is 64.5 Å². The van der Waals surface area contributed by atoms with Gasteiger partial charge < -0.3 is 5.32 Å². The minimum absolute atomic E-state index is 0.685. The molecule has 1 aromatic heterocycles. The van der Waals surface area contributed by atoms with Gasteiger partial charge in [0.15, 0.2) is 0 Å². The molecule has 0 aliphatic heterocycles. The molecule has 0 aliphatic rings. The van der Waals surface area contributed by atoms with Crippen LogP contribution in [0.2, 0.25) is 0 Å². The van der Waals surface area contributed by atoms with E-state index in [0.717, 1.165) is 22.5 Å². The van der Waals surface area contributed by atoms with Crippen LogP contribution in [0.1, 0.15) is 6.92 Å². The maximum atomic E-state index is 4.63. The van der Waals surface area contributed by atoms with Crippen LogP contribution in [0.3, 0.4) is 0 Å². The Hall–Kier alpha value is -2.07. The lowest BCUT2D eigenvalue weighted by Crippen LogP contribution is -2.03. The van der Waals surface area contributed by atoms with Gasteiger partial charge in [-0.05, 0) is 25.1 Å². The molecule has 4 heteroatoms. The van der Waals surface area contributed by atoms with Crippen LogP contribution >= 0.6 is 11.8 Å². The minimum Gasteiger partial charge on any atom is -0.354 e. The molecule has 0 spiro atoms. The van der Waals surface area contributed by atoms with E-state index < -0.39 is 0 Å². The van der Waals surface area contributed by atoms with Crippen LogP contribution < -0.4 is 5.32 Å². The fourth-order valence-electron chi connectivity index (χ4n) is 1.96. The number of fused-ring (bicyclic) bond motifs is 1. The fraction of sp³-hybridized carbons (Fsp3) is 0.125. The minimum atomic E-state index is 0.685. The monoisotopic (exact) mass is 281 g/mol. The van der Waals surface area contributed by atoms with Crippen molar-refractivity contribution in [3.8, 4) is 0 Å². The van der Waals surface area contributed by atoms with E-state index in [1.807, 2.05) is 43.3 Å². The van der Waals surface area contributed by atoms with Gasteiger partial charge in [-0.2, -0.15) is 0 Å². The van der Waals surface area contributed by atoms with Crippen molar-refractivity contribution in [2.75, 3.05) is 11.9 Å². The normalized spacial score (nSPS) is 10.7. The van der Waals surface area contributed by atoms with Crippen LogP contribution in [0.25, 0.3) is 10.9 Å². The number of anilines is 1. The number of aromatic nitrogens is 2. The van der Waals surface area contributed by atoms with E-state index in [1.54, 1.807) is 11.8 Å². The van der Waals surface area contributed by atoms with Gasteiger partial charge >= 0.3 is 0 Å². The molecule has 0 amide bonds. The molecule has 0 fully saturated rings. The SMILES string of the molecule is CCNc1nc(Sc2ccccc2)c2ccccc2n1. The highest BCUT2D eigenvalue weighted by Crippen LogP contribution is 2.31. The molecule has 0 bridgehead atoms. The standard InChI is InChI=1S/C16H15N3S/c1-2-17-16-18-14-11-7-6-10-13(14)15(19-16)20-12-8-4-3-5-9-12/h3-11H,2H2,1H3,(H,17,18,19). The van der Waals surface area contributed by atoms with Gasteiger partial charge in [-0.25, -0.2) is 9.97 Å². The van der Waals surface area contributed by atoms with Crippen molar-refractivity contribution in [1.29, 1.82) is 0 Å². The van der Waals surface area contributed by atoms with Gasteiger partial charge in [-0.3, -0.25) is 0 Å².